The van der Waals surface area contributed by atoms with Gasteiger partial charge in [0.2, 0.25) is 0 Å². The minimum atomic E-state index is -2.16. The van der Waals surface area contributed by atoms with Gasteiger partial charge in [-0.1, -0.05) is 58.3 Å². The van der Waals surface area contributed by atoms with Gasteiger partial charge in [-0.25, -0.2) is 0 Å². The number of carbonyl (C=O) groups is 1. The first kappa shape index (κ1) is 23.8. The van der Waals surface area contributed by atoms with Crippen LogP contribution in [0.4, 0.5) is 0 Å². The molecule has 24 heavy (non-hydrogen) atoms. The molecule has 0 aliphatic rings. The molecule has 0 aromatic rings. The Labute approximate surface area is 151 Å². The van der Waals surface area contributed by atoms with E-state index in [9.17, 15) is 4.79 Å². The molecule has 0 fully saturated rings. The summed E-state index contributed by atoms with van der Waals surface area (Å²) in [6.07, 6.45) is 13.2. The quantitative estimate of drug-likeness (QED) is 0.281. The Morgan fingerprint density at radius 3 is 2.08 bits per heavy atom. The van der Waals surface area contributed by atoms with Crippen LogP contribution in [-0.2, 0) is 13.6 Å². The van der Waals surface area contributed by atoms with E-state index >= 15 is 0 Å². The molecule has 144 valence electrons. The van der Waals surface area contributed by atoms with E-state index in [4.69, 9.17) is 8.85 Å². The molecule has 0 saturated heterocycles. The Balaban J connectivity index is 3.60. The second kappa shape index (κ2) is 16.2. The zero-order chi connectivity index (χ0) is 18.1. The molecule has 0 radical (unpaired) electrons. The Bertz CT molecular complexity index is 302. The monoisotopic (exact) mass is 359 g/mol. The normalized spacial score (nSPS) is 13.8. The minimum absolute atomic E-state index is 0.224. The highest BCUT2D eigenvalue weighted by molar-refractivity contribution is 6.66. The van der Waals surface area contributed by atoms with Crippen molar-refractivity contribution in [2.45, 2.75) is 90.1 Å². The third kappa shape index (κ3) is 14.1. The Morgan fingerprint density at radius 1 is 0.958 bits per heavy atom. The van der Waals surface area contributed by atoms with Crippen LogP contribution in [0.3, 0.4) is 0 Å². The molecule has 1 atom stereocenters. The number of carbonyl (C=O) groups excluding carboxylic acids is 1. The Hall–Kier alpha value is -0.233. The third-order valence-electron chi connectivity index (χ3n) is 4.59. The van der Waals surface area contributed by atoms with Gasteiger partial charge in [-0.3, -0.25) is 4.79 Å². The van der Waals surface area contributed by atoms with E-state index < -0.39 is 8.56 Å². The lowest BCUT2D eigenvalue weighted by atomic mass is 10.1. The molecular formula is C19H41NO3Si. The highest BCUT2D eigenvalue weighted by atomic mass is 28.4. The number of rotatable bonds is 18. The summed E-state index contributed by atoms with van der Waals surface area (Å²) < 4.78 is 11.4. The zero-order valence-corrected chi connectivity index (χ0v) is 17.6. The van der Waals surface area contributed by atoms with Crippen LogP contribution < -0.4 is 5.32 Å². The molecule has 0 aliphatic heterocycles. The molecule has 5 heteroatoms. The zero-order valence-electron chi connectivity index (χ0n) is 16.6. The van der Waals surface area contributed by atoms with E-state index in [0.717, 1.165) is 25.4 Å². The lowest BCUT2D eigenvalue weighted by Gasteiger charge is -2.24. The van der Waals surface area contributed by atoms with E-state index in [-0.39, 0.29) is 12.4 Å². The van der Waals surface area contributed by atoms with Crippen molar-refractivity contribution in [1.82, 2.24) is 5.32 Å². The highest BCUT2D eigenvalue weighted by Crippen LogP contribution is 2.15. The molecule has 0 amide bonds. The molecule has 0 saturated carbocycles. The minimum Gasteiger partial charge on any atom is -0.398 e. The third-order valence-corrected chi connectivity index (χ3v) is 7.47. The van der Waals surface area contributed by atoms with Gasteiger partial charge >= 0.3 is 8.56 Å². The molecule has 1 N–H and O–H groups in total. The van der Waals surface area contributed by atoms with E-state index in [2.05, 4.69) is 18.8 Å². The first-order chi connectivity index (χ1) is 11.6. The molecule has 1 unspecified atom stereocenters. The summed E-state index contributed by atoms with van der Waals surface area (Å²) >= 11 is 0. The Kier molecular flexibility index (Phi) is 16.1. The first-order valence-electron chi connectivity index (χ1n) is 9.93. The summed E-state index contributed by atoms with van der Waals surface area (Å²) in [6.45, 7) is 5.49. The molecule has 0 aromatic carbocycles. The molecule has 0 aromatic heterocycles. The van der Waals surface area contributed by atoms with Crippen molar-refractivity contribution in [3.8, 4) is 0 Å². The van der Waals surface area contributed by atoms with Gasteiger partial charge in [0, 0.05) is 13.5 Å². The molecular weight excluding hydrogens is 318 g/mol. The van der Waals surface area contributed by atoms with Crippen molar-refractivity contribution >= 4 is 14.3 Å². The van der Waals surface area contributed by atoms with Crippen LogP contribution in [0.15, 0.2) is 0 Å². The summed E-state index contributed by atoms with van der Waals surface area (Å²) in [5.41, 5.74) is 0. The van der Waals surface area contributed by atoms with E-state index in [1.54, 1.807) is 7.11 Å². The smallest absolute Gasteiger partial charge is 0.335 e. The standard InChI is InChI=1S/C19H41NO3Si/c1-5-6-7-8-9-10-11-12-13-15-19(21)18-23-24(4,22-3)17-14-16-20-2/h20H,5-18H2,1-4H3. The topological polar surface area (TPSA) is 47.6 Å². The summed E-state index contributed by atoms with van der Waals surface area (Å²) in [4.78, 5) is 12.0. The van der Waals surface area contributed by atoms with Crippen LogP contribution in [0.2, 0.25) is 12.6 Å². The first-order valence-corrected chi connectivity index (χ1v) is 12.5. The van der Waals surface area contributed by atoms with Crippen molar-refractivity contribution < 1.29 is 13.6 Å². The Morgan fingerprint density at radius 2 is 1.54 bits per heavy atom. The van der Waals surface area contributed by atoms with Gasteiger partial charge < -0.3 is 14.2 Å². The van der Waals surface area contributed by atoms with Crippen LogP contribution >= 0.6 is 0 Å². The number of hydrogen-bond donors (Lipinski definition) is 1. The molecule has 0 aliphatic carbocycles. The van der Waals surface area contributed by atoms with Crippen LogP contribution in [-0.4, -0.2) is 41.7 Å². The molecule has 4 nitrogen and oxygen atoms in total. The maximum atomic E-state index is 12.0. The number of unbranched alkanes of at least 4 members (excludes halogenated alkanes) is 8. The van der Waals surface area contributed by atoms with Crippen LogP contribution in [0.1, 0.15) is 77.6 Å². The van der Waals surface area contributed by atoms with Crippen molar-refractivity contribution in [2.24, 2.45) is 0 Å². The SMILES string of the molecule is CCCCCCCCCCCC(=O)CO[Si](C)(CCCNC)OC. The maximum Gasteiger partial charge on any atom is 0.335 e. The van der Waals surface area contributed by atoms with Crippen LogP contribution in [0.5, 0.6) is 0 Å². The molecule has 0 rings (SSSR count). The van der Waals surface area contributed by atoms with Gasteiger partial charge in [0.05, 0.1) is 6.61 Å². The van der Waals surface area contributed by atoms with Gasteiger partial charge in [0.25, 0.3) is 0 Å². The highest BCUT2D eigenvalue weighted by Gasteiger charge is 2.30. The fourth-order valence-electron chi connectivity index (χ4n) is 2.76. The second-order valence-corrected chi connectivity index (χ2v) is 10.4. The number of ketones is 1. The fourth-order valence-corrected chi connectivity index (χ4v) is 4.51. The van der Waals surface area contributed by atoms with E-state index in [1.807, 2.05) is 7.05 Å². The molecule has 0 heterocycles. The largest absolute Gasteiger partial charge is 0.398 e. The maximum absolute atomic E-state index is 12.0. The predicted octanol–water partition coefficient (Wildman–Crippen LogP) is 4.82. The van der Waals surface area contributed by atoms with Crippen LogP contribution in [0, 0.1) is 0 Å². The predicted molar refractivity (Wildman–Crippen MR) is 105 cm³/mol. The van der Waals surface area contributed by atoms with Gasteiger partial charge in [0.1, 0.15) is 0 Å². The lowest BCUT2D eigenvalue weighted by Crippen LogP contribution is -2.39. The van der Waals surface area contributed by atoms with Gasteiger partial charge in [-0.15, -0.1) is 0 Å². The number of nitrogens with one attached hydrogen (secondary N) is 1. The van der Waals surface area contributed by atoms with Crippen molar-refractivity contribution in [1.29, 1.82) is 0 Å². The summed E-state index contributed by atoms with van der Waals surface area (Å²) in [6, 6.07) is 0.926. The van der Waals surface area contributed by atoms with E-state index in [0.29, 0.717) is 6.42 Å². The van der Waals surface area contributed by atoms with Crippen molar-refractivity contribution in [3.63, 3.8) is 0 Å². The summed E-state index contributed by atoms with van der Waals surface area (Å²) in [5, 5.41) is 3.13. The van der Waals surface area contributed by atoms with Crippen molar-refractivity contribution in [3.05, 3.63) is 0 Å². The second-order valence-electron chi connectivity index (χ2n) is 6.95. The van der Waals surface area contributed by atoms with Gasteiger partial charge in [-0.2, -0.15) is 0 Å². The molecule has 0 bridgehead atoms. The summed E-state index contributed by atoms with van der Waals surface area (Å²) in [5.74, 6) is 0.224. The number of hydrogen-bond acceptors (Lipinski definition) is 4. The van der Waals surface area contributed by atoms with Gasteiger partial charge in [0.15, 0.2) is 5.78 Å². The summed E-state index contributed by atoms with van der Waals surface area (Å²) in [7, 11) is 1.49. The van der Waals surface area contributed by atoms with Crippen molar-refractivity contribution in [2.75, 3.05) is 27.3 Å². The average Bonchev–Trinajstić information content (AvgIpc) is 2.59. The van der Waals surface area contributed by atoms with E-state index in [1.165, 1.54) is 51.4 Å². The lowest BCUT2D eigenvalue weighted by molar-refractivity contribution is -0.121. The number of Topliss-reactive ketones (excluding diaryl/α,β-unsaturated/α-hetero) is 1. The fraction of sp³-hybridized carbons (Fsp3) is 0.947. The average molecular weight is 360 g/mol. The molecule has 0 spiro atoms. The van der Waals surface area contributed by atoms with Gasteiger partial charge in [-0.05, 0) is 39.0 Å². The van der Waals surface area contributed by atoms with Crippen LogP contribution in [0.25, 0.3) is 0 Å².